The maximum atomic E-state index is 12.9. The van der Waals surface area contributed by atoms with Gasteiger partial charge < -0.3 is 9.64 Å². The monoisotopic (exact) mass is 281 g/mol. The number of nitrogens with two attached hydrogens (primary N) is 1. The molecule has 5 nitrogen and oxygen atoms in total. The molecular formula is C14H20FN3O2. The van der Waals surface area contributed by atoms with E-state index in [0.29, 0.717) is 13.0 Å². The van der Waals surface area contributed by atoms with E-state index in [2.05, 4.69) is 10.3 Å². The molecule has 1 aromatic rings. The number of hydrazine groups is 1. The van der Waals surface area contributed by atoms with E-state index in [1.807, 2.05) is 6.92 Å². The molecule has 2 unspecified atom stereocenters. The Labute approximate surface area is 117 Å². The lowest BCUT2D eigenvalue weighted by Gasteiger charge is -2.26. The minimum Gasteiger partial charge on any atom is -0.369 e. The standard InChI is InChI=1S/C14H20FN3O2/c1-2-18(11-5-3-10(15)4-6-11)9-12-7-8-13(20-12)14(19)17-16/h3-6,12-13H,2,7-9,16H2,1H3,(H,17,19). The van der Waals surface area contributed by atoms with Crippen molar-refractivity contribution in [3.05, 3.63) is 30.1 Å². The van der Waals surface area contributed by atoms with Crippen LogP contribution in [-0.2, 0) is 9.53 Å². The van der Waals surface area contributed by atoms with Gasteiger partial charge in [0.2, 0.25) is 0 Å². The highest BCUT2D eigenvalue weighted by atomic mass is 19.1. The minimum absolute atomic E-state index is 0.0118. The van der Waals surface area contributed by atoms with E-state index in [-0.39, 0.29) is 17.8 Å². The van der Waals surface area contributed by atoms with Crippen LogP contribution in [0.2, 0.25) is 0 Å². The van der Waals surface area contributed by atoms with Gasteiger partial charge in [0, 0.05) is 18.8 Å². The largest absolute Gasteiger partial charge is 0.369 e. The van der Waals surface area contributed by atoms with E-state index in [1.165, 1.54) is 12.1 Å². The van der Waals surface area contributed by atoms with Crippen LogP contribution in [-0.4, -0.2) is 31.2 Å². The number of hydrogen-bond donors (Lipinski definition) is 2. The van der Waals surface area contributed by atoms with E-state index in [0.717, 1.165) is 18.7 Å². The summed E-state index contributed by atoms with van der Waals surface area (Å²) in [5.41, 5.74) is 3.06. The molecule has 1 fully saturated rings. The fraction of sp³-hybridized carbons (Fsp3) is 0.500. The smallest absolute Gasteiger partial charge is 0.263 e. The third-order valence-corrected chi connectivity index (χ3v) is 3.54. The first kappa shape index (κ1) is 14.7. The summed E-state index contributed by atoms with van der Waals surface area (Å²) >= 11 is 0. The first-order valence-corrected chi connectivity index (χ1v) is 6.80. The molecule has 20 heavy (non-hydrogen) atoms. The van der Waals surface area contributed by atoms with Crippen LogP contribution in [0, 0.1) is 5.82 Å². The molecule has 110 valence electrons. The molecular weight excluding hydrogens is 261 g/mol. The van der Waals surface area contributed by atoms with Gasteiger partial charge in [-0.2, -0.15) is 0 Å². The van der Waals surface area contributed by atoms with Crippen molar-refractivity contribution in [1.82, 2.24) is 5.43 Å². The Balaban J connectivity index is 1.94. The number of hydrogen-bond acceptors (Lipinski definition) is 4. The Morgan fingerprint density at radius 3 is 2.75 bits per heavy atom. The van der Waals surface area contributed by atoms with Crippen molar-refractivity contribution in [1.29, 1.82) is 0 Å². The van der Waals surface area contributed by atoms with Gasteiger partial charge in [0.25, 0.3) is 5.91 Å². The summed E-state index contributed by atoms with van der Waals surface area (Å²) in [7, 11) is 0. The van der Waals surface area contributed by atoms with Crippen LogP contribution in [0.25, 0.3) is 0 Å². The van der Waals surface area contributed by atoms with Gasteiger partial charge in [-0.1, -0.05) is 0 Å². The normalized spacial score (nSPS) is 21.8. The maximum absolute atomic E-state index is 12.9. The molecule has 1 heterocycles. The SMILES string of the molecule is CCN(CC1CCC(C(=O)NN)O1)c1ccc(F)cc1. The summed E-state index contributed by atoms with van der Waals surface area (Å²) in [5.74, 6) is 4.58. The molecule has 0 spiro atoms. The first-order valence-electron chi connectivity index (χ1n) is 6.80. The van der Waals surface area contributed by atoms with Crippen molar-refractivity contribution in [3.63, 3.8) is 0 Å². The van der Waals surface area contributed by atoms with E-state index < -0.39 is 6.10 Å². The van der Waals surface area contributed by atoms with Crippen molar-refractivity contribution in [2.45, 2.75) is 32.0 Å². The summed E-state index contributed by atoms with van der Waals surface area (Å²) in [4.78, 5) is 13.5. The van der Waals surface area contributed by atoms with Crippen LogP contribution in [0.4, 0.5) is 10.1 Å². The number of benzene rings is 1. The van der Waals surface area contributed by atoms with Crippen molar-refractivity contribution in [2.75, 3.05) is 18.0 Å². The molecule has 1 aliphatic rings. The third kappa shape index (κ3) is 3.46. The fourth-order valence-corrected chi connectivity index (χ4v) is 2.44. The molecule has 0 aliphatic carbocycles. The molecule has 1 amide bonds. The van der Waals surface area contributed by atoms with Crippen molar-refractivity contribution >= 4 is 11.6 Å². The van der Waals surface area contributed by atoms with Crippen LogP contribution in [0.1, 0.15) is 19.8 Å². The van der Waals surface area contributed by atoms with Crippen molar-refractivity contribution in [3.8, 4) is 0 Å². The highest BCUT2D eigenvalue weighted by Gasteiger charge is 2.31. The molecule has 2 atom stereocenters. The number of nitrogens with one attached hydrogen (secondary N) is 1. The Morgan fingerprint density at radius 2 is 2.15 bits per heavy atom. The molecule has 2 rings (SSSR count). The highest BCUT2D eigenvalue weighted by Crippen LogP contribution is 2.23. The van der Waals surface area contributed by atoms with E-state index in [9.17, 15) is 9.18 Å². The Morgan fingerprint density at radius 1 is 1.45 bits per heavy atom. The molecule has 3 N–H and O–H groups in total. The first-order chi connectivity index (χ1) is 9.63. The zero-order chi connectivity index (χ0) is 14.5. The van der Waals surface area contributed by atoms with Crippen molar-refractivity contribution < 1.29 is 13.9 Å². The number of carbonyl (C=O) groups is 1. The maximum Gasteiger partial charge on any atom is 0.263 e. The van der Waals surface area contributed by atoms with E-state index >= 15 is 0 Å². The number of carbonyl (C=O) groups excluding carboxylic acids is 1. The number of amides is 1. The molecule has 0 bridgehead atoms. The summed E-state index contributed by atoms with van der Waals surface area (Å²) in [6, 6.07) is 6.38. The fourth-order valence-electron chi connectivity index (χ4n) is 2.44. The summed E-state index contributed by atoms with van der Waals surface area (Å²) in [6.45, 7) is 3.50. The number of halogens is 1. The molecule has 1 saturated heterocycles. The number of anilines is 1. The van der Waals surface area contributed by atoms with Gasteiger partial charge in [-0.25, -0.2) is 10.2 Å². The van der Waals surface area contributed by atoms with Gasteiger partial charge in [0.15, 0.2) is 0 Å². The molecule has 1 aliphatic heterocycles. The lowest BCUT2D eigenvalue weighted by atomic mass is 10.1. The van der Waals surface area contributed by atoms with Gasteiger partial charge in [-0.05, 0) is 44.0 Å². The zero-order valence-electron chi connectivity index (χ0n) is 11.5. The van der Waals surface area contributed by atoms with Crippen LogP contribution in [0.5, 0.6) is 0 Å². The third-order valence-electron chi connectivity index (χ3n) is 3.54. The van der Waals surface area contributed by atoms with Crippen LogP contribution >= 0.6 is 0 Å². The minimum atomic E-state index is -0.461. The summed E-state index contributed by atoms with van der Waals surface area (Å²) < 4.78 is 18.6. The summed E-state index contributed by atoms with van der Waals surface area (Å²) in [5, 5.41) is 0. The van der Waals surface area contributed by atoms with E-state index in [1.54, 1.807) is 12.1 Å². The number of nitrogens with zero attached hydrogens (tertiary/aromatic N) is 1. The molecule has 6 heteroatoms. The van der Waals surface area contributed by atoms with Crippen molar-refractivity contribution in [2.24, 2.45) is 5.84 Å². The van der Waals surface area contributed by atoms with E-state index in [4.69, 9.17) is 10.6 Å². The number of ether oxygens (including phenoxy) is 1. The van der Waals surface area contributed by atoms with Crippen LogP contribution < -0.4 is 16.2 Å². The van der Waals surface area contributed by atoms with Crippen LogP contribution in [0.15, 0.2) is 24.3 Å². The second-order valence-corrected chi connectivity index (χ2v) is 4.85. The predicted molar refractivity (Wildman–Crippen MR) is 74.5 cm³/mol. The lowest BCUT2D eigenvalue weighted by Crippen LogP contribution is -2.40. The second-order valence-electron chi connectivity index (χ2n) is 4.85. The van der Waals surface area contributed by atoms with Crippen LogP contribution in [0.3, 0.4) is 0 Å². The Kier molecular flexibility index (Phi) is 4.92. The van der Waals surface area contributed by atoms with Gasteiger partial charge in [-0.3, -0.25) is 10.2 Å². The number of likely N-dealkylation sites (N-methyl/N-ethyl adjacent to an activating group) is 1. The average Bonchev–Trinajstić information content (AvgIpc) is 2.93. The van der Waals surface area contributed by atoms with Gasteiger partial charge in [0.05, 0.1) is 6.10 Å². The van der Waals surface area contributed by atoms with Gasteiger partial charge >= 0.3 is 0 Å². The molecule has 0 saturated carbocycles. The Hall–Kier alpha value is -1.66. The quantitative estimate of drug-likeness (QED) is 0.483. The predicted octanol–water partition coefficient (Wildman–Crippen LogP) is 1.19. The molecule has 0 aromatic heterocycles. The average molecular weight is 281 g/mol. The number of rotatable bonds is 5. The topological polar surface area (TPSA) is 67.6 Å². The van der Waals surface area contributed by atoms with Gasteiger partial charge in [0.1, 0.15) is 11.9 Å². The molecule has 0 radical (unpaired) electrons. The van der Waals surface area contributed by atoms with Gasteiger partial charge in [-0.15, -0.1) is 0 Å². The highest BCUT2D eigenvalue weighted by molar-refractivity contribution is 5.80. The Bertz CT molecular complexity index is 452. The molecule has 1 aromatic carbocycles. The summed E-state index contributed by atoms with van der Waals surface area (Å²) in [6.07, 6.45) is 1.02. The second kappa shape index (κ2) is 6.67. The lowest BCUT2D eigenvalue weighted by molar-refractivity contribution is -0.131. The zero-order valence-corrected chi connectivity index (χ0v) is 11.5.